The van der Waals surface area contributed by atoms with E-state index in [0.29, 0.717) is 24.7 Å². The summed E-state index contributed by atoms with van der Waals surface area (Å²) < 4.78 is 54.8. The van der Waals surface area contributed by atoms with Gasteiger partial charge < -0.3 is 14.2 Å². The van der Waals surface area contributed by atoms with Crippen LogP contribution in [0.1, 0.15) is 51.2 Å². The highest BCUT2D eigenvalue weighted by atomic mass is 32.2. The molecule has 0 aliphatic heterocycles. The van der Waals surface area contributed by atoms with Gasteiger partial charge in [-0.05, 0) is 74.7 Å². The van der Waals surface area contributed by atoms with E-state index in [1.54, 1.807) is 18.7 Å². The number of benzene rings is 2. The minimum Gasteiger partial charge on any atom is -0.493 e. The molecule has 0 aromatic heterocycles. The first-order valence-electron chi connectivity index (χ1n) is 11.4. The molecule has 1 unspecified atom stereocenters. The quantitative estimate of drug-likeness (QED) is 0.214. The Morgan fingerprint density at radius 2 is 1.71 bits per heavy atom. The van der Waals surface area contributed by atoms with Gasteiger partial charge in [-0.15, -0.1) is 11.8 Å². The number of carbonyl (C=O) groups is 1. The Bertz CT molecular complexity index is 915. The van der Waals surface area contributed by atoms with Crippen molar-refractivity contribution in [3.63, 3.8) is 0 Å². The molecular formula is C26H33F3O4S. The van der Waals surface area contributed by atoms with Crippen LogP contribution in [-0.2, 0) is 15.7 Å². The average molecular weight is 499 g/mol. The van der Waals surface area contributed by atoms with E-state index in [1.165, 1.54) is 12.1 Å². The van der Waals surface area contributed by atoms with Crippen molar-refractivity contribution in [1.82, 2.24) is 0 Å². The molecule has 0 saturated heterocycles. The second kappa shape index (κ2) is 12.9. The number of hydrogen-bond acceptors (Lipinski definition) is 5. The summed E-state index contributed by atoms with van der Waals surface area (Å²) in [6.07, 6.45) is -1.56. The van der Waals surface area contributed by atoms with E-state index in [2.05, 4.69) is 13.8 Å². The van der Waals surface area contributed by atoms with Crippen LogP contribution in [0, 0.1) is 12.3 Å². The Morgan fingerprint density at radius 3 is 2.26 bits per heavy atom. The molecule has 4 nitrogen and oxygen atoms in total. The maximum absolute atomic E-state index is 12.8. The molecule has 0 heterocycles. The topological polar surface area (TPSA) is 44.8 Å². The van der Waals surface area contributed by atoms with Gasteiger partial charge in [0.1, 0.15) is 11.5 Å². The number of aryl methyl sites for hydroxylation is 1. The lowest BCUT2D eigenvalue weighted by molar-refractivity contribution is -0.145. The summed E-state index contributed by atoms with van der Waals surface area (Å²) in [6, 6.07) is 10.7. The lowest BCUT2D eigenvalue weighted by Gasteiger charge is -2.32. The maximum atomic E-state index is 12.8. The van der Waals surface area contributed by atoms with Gasteiger partial charge in [-0.25, -0.2) is 4.79 Å². The van der Waals surface area contributed by atoms with Gasteiger partial charge in [0.05, 0.1) is 18.8 Å². The molecule has 0 bridgehead atoms. The molecule has 0 radical (unpaired) electrons. The molecule has 0 spiro atoms. The van der Waals surface area contributed by atoms with E-state index in [4.69, 9.17) is 14.2 Å². The maximum Gasteiger partial charge on any atom is 0.416 e. The zero-order chi connectivity index (χ0) is 25.2. The Hall–Kier alpha value is -2.35. The molecule has 1 atom stereocenters. The first kappa shape index (κ1) is 27.9. The molecule has 0 amide bonds. The van der Waals surface area contributed by atoms with Gasteiger partial charge in [0.15, 0.2) is 6.61 Å². The predicted molar refractivity (Wildman–Crippen MR) is 129 cm³/mol. The van der Waals surface area contributed by atoms with E-state index in [1.807, 2.05) is 25.1 Å². The number of rotatable bonds is 13. The van der Waals surface area contributed by atoms with E-state index in [9.17, 15) is 18.0 Å². The molecule has 0 aliphatic rings. The minimum atomic E-state index is -4.36. The molecule has 188 valence electrons. The van der Waals surface area contributed by atoms with E-state index in [-0.39, 0.29) is 12.0 Å². The van der Waals surface area contributed by atoms with Crippen LogP contribution in [0.15, 0.2) is 47.4 Å². The lowest BCUT2D eigenvalue weighted by atomic mass is 9.83. The fraction of sp³-hybridized carbons (Fsp3) is 0.500. The number of alkyl halides is 3. The Balaban J connectivity index is 2.01. The second-order valence-corrected chi connectivity index (χ2v) is 9.27. The second-order valence-electron chi connectivity index (χ2n) is 8.22. The third kappa shape index (κ3) is 8.46. The molecule has 2 rings (SSSR count). The number of carbonyl (C=O) groups excluding carboxylic acids is 1. The van der Waals surface area contributed by atoms with Crippen LogP contribution in [0.5, 0.6) is 11.5 Å². The van der Waals surface area contributed by atoms with Gasteiger partial charge in [0.25, 0.3) is 0 Å². The molecule has 0 N–H and O–H groups in total. The highest BCUT2D eigenvalue weighted by molar-refractivity contribution is 7.99. The van der Waals surface area contributed by atoms with Crippen molar-refractivity contribution >= 4 is 17.7 Å². The van der Waals surface area contributed by atoms with Crippen molar-refractivity contribution in [3.05, 3.63) is 53.6 Å². The van der Waals surface area contributed by atoms with Gasteiger partial charge in [-0.2, -0.15) is 13.2 Å². The summed E-state index contributed by atoms with van der Waals surface area (Å²) in [6.45, 7) is 8.52. The number of ether oxygens (including phenoxy) is 3. The number of hydrogen-bond donors (Lipinski definition) is 0. The Kier molecular flexibility index (Phi) is 10.6. The number of thioether (sulfide) groups is 1. The fourth-order valence-corrected chi connectivity index (χ4v) is 4.85. The van der Waals surface area contributed by atoms with Crippen molar-refractivity contribution in [2.75, 3.05) is 25.6 Å². The van der Waals surface area contributed by atoms with Gasteiger partial charge in [-0.1, -0.05) is 20.3 Å². The largest absolute Gasteiger partial charge is 0.493 e. The molecule has 8 heteroatoms. The SMILES string of the molecule is CCCC(CC)(COc1ccc(C(F)(F)F)cc1)CSc1ccc(OCC(=O)OCC)c(C)c1. The van der Waals surface area contributed by atoms with Gasteiger partial charge in [0.2, 0.25) is 0 Å². The highest BCUT2D eigenvalue weighted by Gasteiger charge is 2.31. The fourth-order valence-electron chi connectivity index (χ4n) is 3.52. The molecule has 0 aliphatic carbocycles. The van der Waals surface area contributed by atoms with Crippen LogP contribution in [0.4, 0.5) is 13.2 Å². The van der Waals surface area contributed by atoms with E-state index in [0.717, 1.165) is 47.6 Å². The molecule has 2 aromatic carbocycles. The van der Waals surface area contributed by atoms with Crippen molar-refractivity contribution in [3.8, 4) is 11.5 Å². The van der Waals surface area contributed by atoms with Crippen molar-refractivity contribution in [2.45, 2.75) is 58.0 Å². The van der Waals surface area contributed by atoms with Gasteiger partial charge in [-0.3, -0.25) is 0 Å². The van der Waals surface area contributed by atoms with Crippen LogP contribution in [0.3, 0.4) is 0 Å². The lowest BCUT2D eigenvalue weighted by Crippen LogP contribution is -2.30. The first-order valence-corrected chi connectivity index (χ1v) is 12.4. The number of esters is 1. The summed E-state index contributed by atoms with van der Waals surface area (Å²) in [5, 5.41) is 0. The van der Waals surface area contributed by atoms with E-state index >= 15 is 0 Å². The Labute approximate surface area is 204 Å². The molecule has 0 fully saturated rings. The van der Waals surface area contributed by atoms with Crippen LogP contribution < -0.4 is 9.47 Å². The third-order valence-corrected chi connectivity index (χ3v) is 6.94. The third-order valence-electron chi connectivity index (χ3n) is 5.60. The number of halogens is 3. The average Bonchev–Trinajstić information content (AvgIpc) is 2.80. The Morgan fingerprint density at radius 1 is 1.00 bits per heavy atom. The van der Waals surface area contributed by atoms with Crippen molar-refractivity contribution in [1.29, 1.82) is 0 Å². The van der Waals surface area contributed by atoms with Crippen LogP contribution in [0.2, 0.25) is 0 Å². The molecule has 2 aromatic rings. The highest BCUT2D eigenvalue weighted by Crippen LogP contribution is 2.37. The van der Waals surface area contributed by atoms with E-state index < -0.39 is 17.7 Å². The summed E-state index contributed by atoms with van der Waals surface area (Å²) in [5.74, 6) is 1.48. The summed E-state index contributed by atoms with van der Waals surface area (Å²) in [7, 11) is 0. The molecular weight excluding hydrogens is 465 g/mol. The first-order chi connectivity index (χ1) is 16.1. The van der Waals surface area contributed by atoms with Crippen molar-refractivity contribution in [2.24, 2.45) is 5.41 Å². The monoisotopic (exact) mass is 498 g/mol. The normalized spacial score (nSPS) is 13.3. The smallest absolute Gasteiger partial charge is 0.416 e. The van der Waals surface area contributed by atoms with Gasteiger partial charge in [0, 0.05) is 16.1 Å². The van der Waals surface area contributed by atoms with Crippen LogP contribution in [0.25, 0.3) is 0 Å². The minimum absolute atomic E-state index is 0.116. The van der Waals surface area contributed by atoms with Crippen molar-refractivity contribution < 1.29 is 32.2 Å². The van der Waals surface area contributed by atoms with Crippen LogP contribution >= 0.6 is 11.8 Å². The molecule has 34 heavy (non-hydrogen) atoms. The molecule has 0 saturated carbocycles. The van der Waals surface area contributed by atoms with Crippen LogP contribution in [-0.4, -0.2) is 31.5 Å². The summed E-state index contributed by atoms with van der Waals surface area (Å²) in [4.78, 5) is 12.6. The standard InChI is InChI=1S/C26H33F3O4S/c1-5-14-25(6-2,17-33-21-10-8-20(9-11-21)26(27,28)29)18-34-22-12-13-23(19(4)15-22)32-16-24(30)31-7-3/h8-13,15H,5-7,14,16-18H2,1-4H3. The summed E-state index contributed by atoms with van der Waals surface area (Å²) in [5.41, 5.74) is 0.124. The summed E-state index contributed by atoms with van der Waals surface area (Å²) >= 11 is 1.71. The zero-order valence-electron chi connectivity index (χ0n) is 20.2. The van der Waals surface area contributed by atoms with Gasteiger partial charge >= 0.3 is 12.1 Å². The predicted octanol–water partition coefficient (Wildman–Crippen LogP) is 7.32. The zero-order valence-corrected chi connectivity index (χ0v) is 21.0.